The highest BCUT2D eigenvalue weighted by atomic mass is 35.5. The molecule has 27 heavy (non-hydrogen) atoms. The van der Waals surface area contributed by atoms with Crippen LogP contribution in [-0.4, -0.2) is 40.7 Å². The Morgan fingerprint density at radius 2 is 2.00 bits per heavy atom. The molecule has 1 saturated heterocycles. The van der Waals surface area contributed by atoms with E-state index >= 15 is 0 Å². The van der Waals surface area contributed by atoms with E-state index < -0.39 is 35.1 Å². The van der Waals surface area contributed by atoms with E-state index in [-0.39, 0.29) is 23.6 Å². The van der Waals surface area contributed by atoms with E-state index in [1.54, 1.807) is 13.8 Å². The number of carbonyl (C=O) groups is 4. The summed E-state index contributed by atoms with van der Waals surface area (Å²) in [5.41, 5.74) is 3.28. The van der Waals surface area contributed by atoms with Gasteiger partial charge in [0, 0.05) is 24.6 Å². The highest BCUT2D eigenvalue weighted by Gasteiger charge is 2.43. The maximum absolute atomic E-state index is 13.6. The summed E-state index contributed by atoms with van der Waals surface area (Å²) in [7, 11) is 0. The third kappa shape index (κ3) is 5.04. The summed E-state index contributed by atoms with van der Waals surface area (Å²) >= 11 is 5.83. The number of hydrazine groups is 1. The Balaban J connectivity index is 1.80. The van der Waals surface area contributed by atoms with Gasteiger partial charge in [0.05, 0.1) is 5.02 Å². The molecule has 0 bridgehead atoms. The number of hydrogen-bond acceptors (Lipinski definition) is 4. The molecule has 144 valence electrons. The average molecular weight is 397 g/mol. The first-order chi connectivity index (χ1) is 12.6. The van der Waals surface area contributed by atoms with Gasteiger partial charge in [-0.25, -0.2) is 9.18 Å². The van der Waals surface area contributed by atoms with Crippen LogP contribution in [0.25, 0.3) is 6.08 Å². The minimum absolute atomic E-state index is 0.0433. The van der Waals surface area contributed by atoms with Crippen LogP contribution in [0.1, 0.15) is 25.8 Å². The molecule has 3 N–H and O–H groups in total. The zero-order valence-electron chi connectivity index (χ0n) is 14.6. The number of rotatable bonds is 5. The topological polar surface area (TPSA) is 108 Å². The monoisotopic (exact) mass is 396 g/mol. The third-order valence-electron chi connectivity index (χ3n) is 3.73. The fraction of sp³-hybridized carbons (Fsp3) is 0.294. The Hall–Kier alpha value is -2.94. The molecule has 1 fully saturated rings. The van der Waals surface area contributed by atoms with Crippen LogP contribution in [0.5, 0.6) is 0 Å². The molecule has 10 heteroatoms. The van der Waals surface area contributed by atoms with E-state index in [2.05, 4.69) is 16.2 Å². The molecule has 2 rings (SSSR count). The van der Waals surface area contributed by atoms with Crippen molar-refractivity contribution in [1.82, 2.24) is 21.1 Å². The normalized spacial score (nSPS) is 15.8. The van der Waals surface area contributed by atoms with Gasteiger partial charge in [-0.1, -0.05) is 17.7 Å². The molecule has 1 heterocycles. The summed E-state index contributed by atoms with van der Waals surface area (Å²) in [5.74, 6) is -2.34. The predicted octanol–water partition coefficient (Wildman–Crippen LogP) is 1.36. The zero-order valence-corrected chi connectivity index (χ0v) is 15.4. The SMILES string of the molecule is CC1(C)NC(=O)N(CCC(=O)NNC(=O)/C=C/c2c(F)cccc2Cl)C1=O. The van der Waals surface area contributed by atoms with E-state index in [4.69, 9.17) is 11.6 Å². The lowest BCUT2D eigenvalue weighted by molar-refractivity contribution is -0.131. The van der Waals surface area contributed by atoms with Crippen LogP contribution in [0.15, 0.2) is 24.3 Å². The molecule has 0 atom stereocenters. The van der Waals surface area contributed by atoms with Gasteiger partial charge in [0.15, 0.2) is 0 Å². The summed E-state index contributed by atoms with van der Waals surface area (Å²) < 4.78 is 13.6. The number of benzene rings is 1. The number of nitrogens with one attached hydrogen (secondary N) is 3. The fourth-order valence-corrected chi connectivity index (χ4v) is 2.52. The van der Waals surface area contributed by atoms with Crippen LogP contribution in [0.4, 0.5) is 9.18 Å². The van der Waals surface area contributed by atoms with Crippen molar-refractivity contribution in [2.24, 2.45) is 0 Å². The lowest BCUT2D eigenvalue weighted by atomic mass is 10.1. The summed E-state index contributed by atoms with van der Waals surface area (Å²) in [6, 6.07) is 3.53. The van der Waals surface area contributed by atoms with Gasteiger partial charge < -0.3 is 5.32 Å². The van der Waals surface area contributed by atoms with Crippen molar-refractivity contribution in [1.29, 1.82) is 0 Å². The van der Waals surface area contributed by atoms with Gasteiger partial charge in [-0.2, -0.15) is 0 Å². The van der Waals surface area contributed by atoms with Gasteiger partial charge in [0.1, 0.15) is 11.4 Å². The average Bonchev–Trinajstić information content (AvgIpc) is 2.78. The Morgan fingerprint density at radius 1 is 1.30 bits per heavy atom. The molecule has 1 aliphatic rings. The highest BCUT2D eigenvalue weighted by molar-refractivity contribution is 6.32. The standard InChI is InChI=1S/C17H18ClFN4O4/c1-17(2)15(26)23(16(27)20-17)9-8-14(25)22-21-13(24)7-6-10-11(18)4-3-5-12(10)19/h3-7H,8-9H2,1-2H3,(H,20,27)(H,21,24)(H,22,25)/b7-6+. The number of carbonyl (C=O) groups excluding carboxylic acids is 4. The van der Waals surface area contributed by atoms with Crippen molar-refractivity contribution >= 4 is 41.4 Å². The minimum Gasteiger partial charge on any atom is -0.324 e. The molecule has 0 aliphatic carbocycles. The van der Waals surface area contributed by atoms with Crippen LogP contribution >= 0.6 is 11.6 Å². The summed E-state index contributed by atoms with van der Waals surface area (Å²) in [6.45, 7) is 2.99. The van der Waals surface area contributed by atoms with Crippen molar-refractivity contribution < 1.29 is 23.6 Å². The first-order valence-corrected chi connectivity index (χ1v) is 8.34. The Kier molecular flexibility index (Phi) is 6.17. The third-order valence-corrected chi connectivity index (χ3v) is 4.06. The smallest absolute Gasteiger partial charge is 0.324 e. The van der Waals surface area contributed by atoms with Crippen molar-refractivity contribution in [3.05, 3.63) is 40.7 Å². The van der Waals surface area contributed by atoms with Crippen LogP contribution in [0, 0.1) is 5.82 Å². The molecule has 8 nitrogen and oxygen atoms in total. The zero-order chi connectivity index (χ0) is 20.2. The molecule has 1 aliphatic heterocycles. The molecule has 0 aromatic heterocycles. The number of imide groups is 1. The van der Waals surface area contributed by atoms with E-state index in [0.29, 0.717) is 0 Å². The maximum atomic E-state index is 13.6. The second-order valence-electron chi connectivity index (χ2n) is 6.27. The van der Waals surface area contributed by atoms with Crippen LogP contribution in [0.3, 0.4) is 0 Å². The Morgan fingerprint density at radius 3 is 2.59 bits per heavy atom. The van der Waals surface area contributed by atoms with Crippen molar-refractivity contribution in [3.8, 4) is 0 Å². The second kappa shape index (κ2) is 8.17. The largest absolute Gasteiger partial charge is 0.325 e. The summed E-state index contributed by atoms with van der Waals surface area (Å²) in [4.78, 5) is 48.1. The molecule has 0 saturated carbocycles. The van der Waals surface area contributed by atoms with Gasteiger partial charge in [0.25, 0.3) is 11.8 Å². The quantitative estimate of drug-likeness (QED) is 0.397. The molecule has 1 aromatic carbocycles. The number of halogens is 2. The second-order valence-corrected chi connectivity index (χ2v) is 6.68. The Labute approximate surface area is 159 Å². The molecular formula is C17H18ClFN4O4. The molecule has 1 aromatic rings. The van der Waals surface area contributed by atoms with Crippen molar-refractivity contribution in [2.45, 2.75) is 25.8 Å². The minimum atomic E-state index is -1.01. The van der Waals surface area contributed by atoms with Crippen molar-refractivity contribution in [3.63, 3.8) is 0 Å². The molecular weight excluding hydrogens is 379 g/mol. The predicted molar refractivity (Wildman–Crippen MR) is 95.7 cm³/mol. The lowest BCUT2D eigenvalue weighted by Gasteiger charge is -2.15. The van der Waals surface area contributed by atoms with Gasteiger partial charge in [-0.3, -0.25) is 30.1 Å². The Bertz CT molecular complexity index is 805. The van der Waals surface area contributed by atoms with Crippen LogP contribution in [-0.2, 0) is 14.4 Å². The van der Waals surface area contributed by atoms with Gasteiger partial charge >= 0.3 is 6.03 Å². The molecule has 0 unspecified atom stereocenters. The van der Waals surface area contributed by atoms with E-state index in [9.17, 15) is 23.6 Å². The number of amides is 5. The van der Waals surface area contributed by atoms with E-state index in [1.165, 1.54) is 24.3 Å². The molecule has 0 spiro atoms. The number of nitrogens with zero attached hydrogens (tertiary/aromatic N) is 1. The van der Waals surface area contributed by atoms with Crippen molar-refractivity contribution in [2.75, 3.05) is 6.54 Å². The number of hydrogen-bond donors (Lipinski definition) is 3. The van der Waals surface area contributed by atoms with Gasteiger partial charge in [0.2, 0.25) is 5.91 Å². The van der Waals surface area contributed by atoms with Gasteiger partial charge in [-0.05, 0) is 32.1 Å². The first-order valence-electron chi connectivity index (χ1n) is 7.97. The molecule has 5 amide bonds. The van der Waals surface area contributed by atoms with Crippen LogP contribution < -0.4 is 16.2 Å². The fourth-order valence-electron chi connectivity index (χ4n) is 2.30. The van der Waals surface area contributed by atoms with Gasteiger partial charge in [-0.15, -0.1) is 0 Å². The van der Waals surface area contributed by atoms with E-state index in [1.807, 2.05) is 0 Å². The van der Waals surface area contributed by atoms with Crippen LogP contribution in [0.2, 0.25) is 5.02 Å². The lowest BCUT2D eigenvalue weighted by Crippen LogP contribution is -2.43. The van der Waals surface area contributed by atoms with E-state index in [0.717, 1.165) is 11.0 Å². The number of urea groups is 1. The summed E-state index contributed by atoms with van der Waals surface area (Å²) in [5, 5.41) is 2.63. The molecule has 0 radical (unpaired) electrons. The highest BCUT2D eigenvalue weighted by Crippen LogP contribution is 2.20. The maximum Gasteiger partial charge on any atom is 0.325 e. The summed E-state index contributed by atoms with van der Waals surface area (Å²) in [6.07, 6.45) is 1.98. The first kappa shape index (κ1) is 20.4.